The molecule has 0 saturated heterocycles. The summed E-state index contributed by atoms with van der Waals surface area (Å²) >= 11 is 0. The molecule has 0 aromatic carbocycles. The van der Waals surface area contributed by atoms with E-state index in [4.69, 9.17) is 0 Å². The molecule has 1 aliphatic rings. The van der Waals surface area contributed by atoms with Gasteiger partial charge in [0.05, 0.1) is 0 Å². The Morgan fingerprint density at radius 2 is 2.18 bits per heavy atom. The zero-order valence-corrected chi connectivity index (χ0v) is 7.51. The number of hydrogen-bond donors (Lipinski definition) is 0. The second-order valence-electron chi connectivity index (χ2n) is 3.33. The highest BCUT2D eigenvalue weighted by atomic mass is 15.0. The van der Waals surface area contributed by atoms with Gasteiger partial charge in [0, 0.05) is 6.54 Å². The van der Waals surface area contributed by atoms with E-state index < -0.39 is 0 Å². The van der Waals surface area contributed by atoms with Gasteiger partial charge in [-0.1, -0.05) is 23.8 Å². The Bertz CT molecular complexity index is 166. The minimum Gasteiger partial charge on any atom is -0.309 e. The van der Waals surface area contributed by atoms with Gasteiger partial charge in [0.15, 0.2) is 0 Å². The lowest BCUT2D eigenvalue weighted by Crippen LogP contribution is -2.13. The van der Waals surface area contributed by atoms with Crippen LogP contribution in [0.2, 0.25) is 0 Å². The lowest BCUT2D eigenvalue weighted by atomic mass is 10.0. The Morgan fingerprint density at radius 1 is 1.36 bits per heavy atom. The molecule has 0 atom stereocenters. The van der Waals surface area contributed by atoms with Crippen molar-refractivity contribution in [2.24, 2.45) is 0 Å². The molecule has 0 radical (unpaired) electrons. The average molecular weight is 151 g/mol. The van der Waals surface area contributed by atoms with Crippen LogP contribution in [-0.2, 0) is 0 Å². The fourth-order valence-corrected chi connectivity index (χ4v) is 1.22. The summed E-state index contributed by atoms with van der Waals surface area (Å²) in [6.45, 7) is 1.18. The monoisotopic (exact) mass is 151 g/mol. The van der Waals surface area contributed by atoms with Gasteiger partial charge in [0.2, 0.25) is 0 Å². The van der Waals surface area contributed by atoms with E-state index in [1.165, 1.54) is 19.4 Å². The first-order valence-corrected chi connectivity index (χ1v) is 4.26. The van der Waals surface area contributed by atoms with Gasteiger partial charge >= 0.3 is 0 Å². The number of hydrogen-bond acceptors (Lipinski definition) is 1. The van der Waals surface area contributed by atoms with E-state index in [0.29, 0.717) is 0 Å². The topological polar surface area (TPSA) is 3.24 Å². The predicted molar refractivity (Wildman–Crippen MR) is 49.6 cm³/mol. The highest BCUT2D eigenvalue weighted by molar-refractivity contribution is 5.14. The smallest absolute Gasteiger partial charge is 0.00126 e. The zero-order valence-electron chi connectivity index (χ0n) is 7.51. The van der Waals surface area contributed by atoms with Crippen LogP contribution in [0.5, 0.6) is 0 Å². The quantitative estimate of drug-likeness (QED) is 0.559. The lowest BCUT2D eigenvalue weighted by molar-refractivity contribution is 0.411. The molecule has 0 aromatic heterocycles. The van der Waals surface area contributed by atoms with Crippen molar-refractivity contribution in [3.63, 3.8) is 0 Å². The number of nitrogens with zero attached hydrogens (tertiary/aromatic N) is 1. The molecule has 0 bridgehead atoms. The van der Waals surface area contributed by atoms with Gasteiger partial charge in [-0.05, 0) is 33.4 Å². The third-order valence-corrected chi connectivity index (χ3v) is 1.97. The molecule has 0 fully saturated rings. The normalized spacial score (nSPS) is 17.2. The summed E-state index contributed by atoms with van der Waals surface area (Å²) in [5.74, 6) is 0. The van der Waals surface area contributed by atoms with Gasteiger partial charge in [0.1, 0.15) is 0 Å². The minimum absolute atomic E-state index is 1.14. The summed E-state index contributed by atoms with van der Waals surface area (Å²) < 4.78 is 0. The SMILES string of the molecule is CN(C)CCC1=CCC=CC1. The van der Waals surface area contributed by atoms with Gasteiger partial charge in [-0.2, -0.15) is 0 Å². The van der Waals surface area contributed by atoms with Crippen LogP contribution in [0.4, 0.5) is 0 Å². The van der Waals surface area contributed by atoms with Crippen LogP contribution < -0.4 is 0 Å². The van der Waals surface area contributed by atoms with E-state index >= 15 is 0 Å². The Morgan fingerprint density at radius 3 is 2.73 bits per heavy atom. The molecule has 1 heteroatoms. The summed E-state index contributed by atoms with van der Waals surface area (Å²) in [5, 5.41) is 0. The van der Waals surface area contributed by atoms with Crippen LogP contribution in [0.15, 0.2) is 23.8 Å². The average Bonchev–Trinajstić information content (AvgIpc) is 2.03. The van der Waals surface area contributed by atoms with Gasteiger partial charge in [0.25, 0.3) is 0 Å². The molecule has 11 heavy (non-hydrogen) atoms. The van der Waals surface area contributed by atoms with Gasteiger partial charge in [-0.25, -0.2) is 0 Å². The summed E-state index contributed by atoms with van der Waals surface area (Å²) in [6, 6.07) is 0. The molecular weight excluding hydrogens is 134 g/mol. The van der Waals surface area contributed by atoms with Crippen molar-refractivity contribution in [2.75, 3.05) is 20.6 Å². The molecule has 0 aliphatic heterocycles. The molecule has 0 unspecified atom stereocenters. The van der Waals surface area contributed by atoms with Gasteiger partial charge in [-0.3, -0.25) is 0 Å². The Labute approximate surface area is 69.4 Å². The third kappa shape index (κ3) is 3.38. The molecule has 1 aliphatic carbocycles. The lowest BCUT2D eigenvalue weighted by Gasteiger charge is -2.12. The molecule has 1 nitrogen and oxygen atoms in total. The van der Waals surface area contributed by atoms with E-state index in [1.54, 1.807) is 5.57 Å². The van der Waals surface area contributed by atoms with Crippen LogP contribution in [0.3, 0.4) is 0 Å². The summed E-state index contributed by atoms with van der Waals surface area (Å²) in [5.41, 5.74) is 1.60. The maximum Gasteiger partial charge on any atom is 0.00126 e. The molecule has 0 saturated carbocycles. The van der Waals surface area contributed by atoms with E-state index in [0.717, 1.165) is 6.42 Å². The molecule has 62 valence electrons. The number of allylic oxidation sites excluding steroid dienone is 3. The van der Waals surface area contributed by atoms with E-state index in [-0.39, 0.29) is 0 Å². The van der Waals surface area contributed by atoms with E-state index in [9.17, 15) is 0 Å². The van der Waals surface area contributed by atoms with Crippen molar-refractivity contribution in [1.82, 2.24) is 4.90 Å². The fourth-order valence-electron chi connectivity index (χ4n) is 1.22. The third-order valence-electron chi connectivity index (χ3n) is 1.97. The summed E-state index contributed by atoms with van der Waals surface area (Å²) in [4.78, 5) is 2.24. The highest BCUT2D eigenvalue weighted by Crippen LogP contribution is 2.14. The van der Waals surface area contributed by atoms with Crippen molar-refractivity contribution in [3.05, 3.63) is 23.8 Å². The second kappa shape index (κ2) is 4.35. The van der Waals surface area contributed by atoms with E-state index in [2.05, 4.69) is 37.2 Å². The van der Waals surface area contributed by atoms with Crippen molar-refractivity contribution >= 4 is 0 Å². The van der Waals surface area contributed by atoms with Crippen molar-refractivity contribution in [2.45, 2.75) is 19.3 Å². The van der Waals surface area contributed by atoms with Crippen LogP contribution in [0.25, 0.3) is 0 Å². The summed E-state index contributed by atoms with van der Waals surface area (Å²) in [6.07, 6.45) is 10.4. The van der Waals surface area contributed by atoms with Crippen LogP contribution in [0.1, 0.15) is 19.3 Å². The molecular formula is C10H17N. The van der Waals surface area contributed by atoms with Crippen LogP contribution in [0, 0.1) is 0 Å². The van der Waals surface area contributed by atoms with Gasteiger partial charge in [-0.15, -0.1) is 0 Å². The molecule has 0 heterocycles. The molecule has 0 amide bonds. The summed E-state index contributed by atoms with van der Waals surface area (Å²) in [7, 11) is 4.25. The zero-order chi connectivity index (χ0) is 8.10. The Balaban J connectivity index is 2.21. The predicted octanol–water partition coefficient (Wildman–Crippen LogP) is 2.21. The molecule has 0 aromatic rings. The van der Waals surface area contributed by atoms with Gasteiger partial charge < -0.3 is 4.90 Å². The van der Waals surface area contributed by atoms with Crippen molar-refractivity contribution in [1.29, 1.82) is 0 Å². The highest BCUT2D eigenvalue weighted by Gasteiger charge is 1.98. The number of rotatable bonds is 3. The fraction of sp³-hybridized carbons (Fsp3) is 0.600. The van der Waals surface area contributed by atoms with E-state index in [1.807, 2.05) is 0 Å². The second-order valence-corrected chi connectivity index (χ2v) is 3.33. The van der Waals surface area contributed by atoms with Crippen molar-refractivity contribution < 1.29 is 0 Å². The van der Waals surface area contributed by atoms with Crippen LogP contribution in [-0.4, -0.2) is 25.5 Å². The minimum atomic E-state index is 1.14. The maximum absolute atomic E-state index is 2.35. The Kier molecular flexibility index (Phi) is 3.37. The maximum atomic E-state index is 2.35. The first kappa shape index (κ1) is 8.54. The van der Waals surface area contributed by atoms with Crippen molar-refractivity contribution in [3.8, 4) is 0 Å². The first-order chi connectivity index (χ1) is 5.29. The molecule has 0 N–H and O–H groups in total. The molecule has 0 spiro atoms. The molecule has 1 rings (SSSR count). The van der Waals surface area contributed by atoms with Crippen LogP contribution >= 0.6 is 0 Å². The standard InChI is InChI=1S/C10H17N/c1-11(2)9-8-10-6-4-3-5-7-10/h3-4,7H,5-6,8-9H2,1-2H3. The largest absolute Gasteiger partial charge is 0.309 e. The first-order valence-electron chi connectivity index (χ1n) is 4.26. The Hall–Kier alpha value is -0.560.